The number of amides is 5. The number of aliphatic hydroxyl groups is 1. The summed E-state index contributed by atoms with van der Waals surface area (Å²) in [5.41, 5.74) is 5.12. The molecule has 0 spiro atoms. The second kappa shape index (κ2) is 32.9. The van der Waals surface area contributed by atoms with Crippen LogP contribution < -0.4 is 31.3 Å². The minimum atomic E-state index is -1.67. The van der Waals surface area contributed by atoms with Crippen LogP contribution in [0.2, 0.25) is 5.02 Å². The number of nitrogens with zero attached hydrogens (tertiary/aromatic N) is 3. The van der Waals surface area contributed by atoms with E-state index in [-0.39, 0.29) is 72.2 Å². The molecule has 4 heterocycles. The lowest BCUT2D eigenvalue weighted by Gasteiger charge is -2.41. The number of fused-ring (bicyclic) bond motifs is 6. The van der Waals surface area contributed by atoms with Crippen molar-refractivity contribution < 1.29 is 76.6 Å². The number of aromatic nitrogens is 1. The molecule has 5 amide bonds. The van der Waals surface area contributed by atoms with Gasteiger partial charge in [0, 0.05) is 83.4 Å². The van der Waals surface area contributed by atoms with Crippen LogP contribution in [-0.4, -0.2) is 183 Å². The van der Waals surface area contributed by atoms with Gasteiger partial charge in [-0.05, 0) is 88.3 Å². The van der Waals surface area contributed by atoms with E-state index in [0.717, 1.165) is 11.1 Å². The molecule has 3 aromatic rings. The Balaban J connectivity index is 1.21. The van der Waals surface area contributed by atoms with E-state index in [4.69, 9.17) is 62.7 Å². The molecule has 10 atom stereocenters. The second-order valence-corrected chi connectivity index (χ2v) is 24.9. The van der Waals surface area contributed by atoms with Crippen molar-refractivity contribution in [1.82, 2.24) is 25.8 Å². The fourth-order valence-corrected chi connectivity index (χ4v) is 11.9. The molecule has 25 heteroatoms. The van der Waals surface area contributed by atoms with Gasteiger partial charge in [0.15, 0.2) is 5.78 Å². The number of likely N-dealkylation sites (N-methyl/N-ethyl adjacent to an activating group) is 1. The quantitative estimate of drug-likeness (QED) is 0.0243. The number of nitrogens with one attached hydrogen (secondary N) is 3. The van der Waals surface area contributed by atoms with Crippen LogP contribution in [0.25, 0.3) is 10.9 Å². The van der Waals surface area contributed by atoms with Crippen molar-refractivity contribution in [2.45, 2.75) is 154 Å². The van der Waals surface area contributed by atoms with Crippen LogP contribution in [0.5, 0.6) is 5.75 Å². The highest BCUT2D eigenvalue weighted by molar-refractivity contribution is 7.80. The van der Waals surface area contributed by atoms with Crippen LogP contribution in [-0.2, 0) is 70.0 Å². The molecule has 2 aromatic carbocycles. The number of Topliss-reactive ketones (excluding diaryl/α,β-unsaturated/α-hetero) is 2. The monoisotopic (exact) mass is 1290 g/mol. The largest absolute Gasteiger partial charge is 0.495 e. The average molecular weight is 1290 g/mol. The molecule has 3 aliphatic heterocycles. The molecule has 23 nitrogen and oxygen atoms in total. The van der Waals surface area contributed by atoms with Gasteiger partial charge < -0.3 is 69.7 Å². The number of hydrogen-bond donors (Lipinski definition) is 5. The molecule has 6 N–H and O–H groups in total. The Kier molecular flexibility index (Phi) is 26.4. The highest BCUT2D eigenvalue weighted by Crippen LogP contribution is 2.50. The number of carbonyl (C=O) groups excluding carboxylic acids is 8. The Bertz CT molecular complexity index is 3180. The molecule has 0 unspecified atom stereocenters. The van der Waals surface area contributed by atoms with Crippen molar-refractivity contribution in [1.29, 1.82) is 0 Å². The van der Waals surface area contributed by atoms with E-state index >= 15 is 0 Å². The smallest absolute Gasteiger partial charge is 0.328 e. The Hall–Kier alpha value is -6.93. The summed E-state index contributed by atoms with van der Waals surface area (Å²) in [5.74, 6) is -4.44. The lowest BCUT2D eigenvalue weighted by atomic mass is 9.78. The zero-order valence-corrected chi connectivity index (χ0v) is 54.9. The summed E-state index contributed by atoms with van der Waals surface area (Å²) < 4.78 is 41.0. The summed E-state index contributed by atoms with van der Waals surface area (Å²) in [4.78, 5) is 116. The van der Waals surface area contributed by atoms with Gasteiger partial charge in [0.1, 0.15) is 52.1 Å². The predicted molar refractivity (Wildman–Crippen MR) is 341 cm³/mol. The molecule has 0 saturated carbocycles. The highest BCUT2D eigenvalue weighted by atomic mass is 35.5. The molecule has 1 aromatic heterocycles. The third kappa shape index (κ3) is 19.1. The number of pyridine rings is 1. The van der Waals surface area contributed by atoms with Crippen molar-refractivity contribution >= 4 is 92.7 Å². The van der Waals surface area contributed by atoms with Gasteiger partial charge in [0.05, 0.1) is 80.3 Å². The van der Waals surface area contributed by atoms with E-state index in [0.29, 0.717) is 79.6 Å². The number of benzene rings is 2. The van der Waals surface area contributed by atoms with E-state index < -0.39 is 102 Å². The molecule has 0 radical (unpaired) electrons. The first-order valence-corrected chi connectivity index (χ1v) is 31.1. The highest BCUT2D eigenvalue weighted by Gasteiger charge is 2.64. The number of hydrogen-bond acceptors (Lipinski definition) is 18. The van der Waals surface area contributed by atoms with Crippen molar-refractivity contribution in [3.8, 4) is 5.75 Å². The maximum atomic E-state index is 14.7. The van der Waals surface area contributed by atoms with Gasteiger partial charge in [-0.2, -0.15) is 0 Å². The van der Waals surface area contributed by atoms with E-state index in [2.05, 4.69) is 20.9 Å². The summed E-state index contributed by atoms with van der Waals surface area (Å²) >= 11 is 12.5. The maximum Gasteiger partial charge on any atom is 0.328 e. The minimum absolute atomic E-state index is 0.0185. The van der Waals surface area contributed by atoms with Crippen molar-refractivity contribution in [3.05, 3.63) is 88.1 Å². The molecule has 3 aliphatic rings. The molecule has 6 rings (SSSR count). The van der Waals surface area contributed by atoms with Crippen LogP contribution in [0, 0.1) is 17.8 Å². The van der Waals surface area contributed by atoms with Crippen molar-refractivity contribution in [2.75, 3.05) is 72.7 Å². The van der Waals surface area contributed by atoms with E-state index in [1.807, 2.05) is 26.8 Å². The van der Waals surface area contributed by atoms with E-state index in [9.17, 15) is 43.5 Å². The number of ketones is 2. The second-order valence-electron chi connectivity index (χ2n) is 24.0. The molecule has 492 valence electrons. The minimum Gasteiger partial charge on any atom is -0.495 e. The number of allylic oxidation sites excluding steroid dienone is 3. The zero-order valence-electron chi connectivity index (χ0n) is 53.4. The number of nitrogens with two attached hydrogens (primary N) is 1. The third-order valence-corrected chi connectivity index (χ3v) is 17.6. The van der Waals surface area contributed by atoms with Gasteiger partial charge in [-0.25, -0.2) is 9.59 Å². The molecular formula is C65H88ClN7O16S. The molecule has 0 aliphatic carbocycles. The Morgan fingerprint density at radius 2 is 1.74 bits per heavy atom. The van der Waals surface area contributed by atoms with E-state index in [1.54, 1.807) is 63.4 Å². The number of rotatable bonds is 27. The topological polar surface area (TPSA) is 306 Å². The summed E-state index contributed by atoms with van der Waals surface area (Å²) in [5, 5.41) is 21.3. The summed E-state index contributed by atoms with van der Waals surface area (Å²) in [6.45, 7) is 14.0. The SMILES string of the molecule is COc1cc2cc(c1Cl)N(C)C(=O)C[C@H](OC(=O)[C@H](C)N(C)C(=O)c1ccc(CC(=O)[C@H](CCCNC(N)=O)NC(=O)[C@@H](CC(=S)NCCOCCOCCC(C)=O)C(C)C)c3cccnc13)[C@]1(C)O[C@H]1[C@H](C)[C@@H]1C[C@@](O)(CC(=O)O1)[C@H](OC)/C=C/C=C(\C)C2. The van der Waals surface area contributed by atoms with E-state index in [1.165, 1.54) is 57.2 Å². The van der Waals surface area contributed by atoms with Crippen LogP contribution in [0.1, 0.15) is 115 Å². The molecule has 2 saturated heterocycles. The molecule has 90 heavy (non-hydrogen) atoms. The van der Waals surface area contributed by atoms with Crippen LogP contribution in [0.4, 0.5) is 10.5 Å². The number of methoxy groups -OCH3 is 2. The number of halogens is 1. The zero-order chi connectivity index (χ0) is 66.2. The van der Waals surface area contributed by atoms with Crippen molar-refractivity contribution in [3.63, 3.8) is 0 Å². The number of esters is 2. The van der Waals surface area contributed by atoms with Crippen LogP contribution >= 0.6 is 23.8 Å². The molecule has 4 bridgehead atoms. The number of ether oxygens (including phenoxy) is 7. The van der Waals surface area contributed by atoms with Crippen LogP contribution in [0.3, 0.4) is 0 Å². The van der Waals surface area contributed by atoms with Gasteiger partial charge in [0.2, 0.25) is 11.8 Å². The fourth-order valence-electron chi connectivity index (χ4n) is 11.3. The van der Waals surface area contributed by atoms with Gasteiger partial charge >= 0.3 is 18.0 Å². The van der Waals surface area contributed by atoms with Crippen LogP contribution in [0.15, 0.2) is 66.4 Å². The fraction of sp³-hybridized carbons (Fsp3) is 0.569. The standard InChI is InChI=1S/C65H88ClN7O16S/c1-37(2)46(33-54(90)68-24-26-86-28-27-85-25-21-39(4)74)60(78)71-47(17-14-23-70-63(67)81)49(75)32-43-19-20-45(58-44(43)16-13-22-69-58)61(79)72(8)41(6)62(80)88-53-34-55(76)73(9)48-30-42(31-50(83-10)57(48)66)29-38(3)15-12-18-52(84-11)65(82)35-51(87-56(77)36-65)40(5)59-64(53,7)89-59/h12-13,15-16,18-20,22,30-31,37,40-41,46-47,51-53,59,82H,14,17,21,23-29,32-36H2,1-11H3,(H,68,90)(H,71,78)(H3,67,70,81)/b18-12+,38-15+/t40-,41+,46+,47+,51+,52-,53+,59+,64+,65-/m1/s1. The Morgan fingerprint density at radius 3 is 2.42 bits per heavy atom. The first kappa shape index (κ1) is 72.1. The van der Waals surface area contributed by atoms with Gasteiger partial charge in [-0.1, -0.05) is 80.5 Å². The number of thiocarbonyl (C=S) groups is 1. The average Bonchev–Trinajstić information content (AvgIpc) is 1.57. The summed E-state index contributed by atoms with van der Waals surface area (Å²) in [6, 6.07) is 7.03. The maximum absolute atomic E-state index is 14.7. The third-order valence-electron chi connectivity index (χ3n) is 16.9. The number of epoxide rings is 1. The first-order valence-electron chi connectivity index (χ1n) is 30.3. The lowest BCUT2D eigenvalue weighted by molar-refractivity contribution is -0.187. The Labute approximate surface area is 536 Å². The number of urea groups is 1. The summed E-state index contributed by atoms with van der Waals surface area (Å²) in [6.07, 6.45) is 3.38. The molecule has 2 fully saturated rings. The van der Waals surface area contributed by atoms with Gasteiger partial charge in [-0.3, -0.25) is 33.8 Å². The predicted octanol–water partition coefficient (Wildman–Crippen LogP) is 6.26. The summed E-state index contributed by atoms with van der Waals surface area (Å²) in [7, 11) is 5.88. The van der Waals surface area contributed by atoms with Crippen molar-refractivity contribution in [2.24, 2.45) is 23.5 Å². The first-order chi connectivity index (χ1) is 42.6. The number of primary amides is 1. The van der Waals surface area contributed by atoms with Gasteiger partial charge in [-0.15, -0.1) is 0 Å². The normalized spacial score (nSPS) is 23.8. The van der Waals surface area contributed by atoms with Gasteiger partial charge in [0.25, 0.3) is 5.91 Å². The Morgan fingerprint density at radius 1 is 1.02 bits per heavy atom. The number of anilines is 1. The molecular weight excluding hydrogens is 1200 g/mol. The lowest BCUT2D eigenvalue weighted by Crippen LogP contribution is -2.53. The number of carbonyl (C=O) groups is 8.